The van der Waals surface area contributed by atoms with Gasteiger partial charge in [-0.25, -0.2) is 0 Å². The third-order valence-corrected chi connectivity index (χ3v) is 4.28. The summed E-state index contributed by atoms with van der Waals surface area (Å²) in [5.41, 5.74) is 1.53. The Morgan fingerprint density at radius 2 is 1.85 bits per heavy atom. The van der Waals surface area contributed by atoms with Crippen LogP contribution in [0.2, 0.25) is 15.1 Å². The number of H-pyrrole nitrogens is 1. The lowest BCUT2D eigenvalue weighted by molar-refractivity contribution is -0.0497. The number of benzene rings is 2. The molecule has 0 radical (unpaired) electrons. The van der Waals surface area contributed by atoms with E-state index in [1.165, 1.54) is 24.3 Å². The van der Waals surface area contributed by atoms with Crippen LogP contribution in [-0.4, -0.2) is 22.7 Å². The number of hydrogen-bond acceptors (Lipinski definition) is 3. The van der Waals surface area contributed by atoms with Gasteiger partial charge in [-0.1, -0.05) is 34.8 Å². The molecular formula is C17H10Cl3F2N3O2. The Morgan fingerprint density at radius 3 is 2.52 bits per heavy atom. The van der Waals surface area contributed by atoms with E-state index in [4.69, 9.17) is 34.8 Å². The van der Waals surface area contributed by atoms with E-state index in [1.54, 1.807) is 18.2 Å². The van der Waals surface area contributed by atoms with Crippen molar-refractivity contribution >= 4 is 46.4 Å². The van der Waals surface area contributed by atoms with Crippen molar-refractivity contribution in [1.82, 2.24) is 10.2 Å². The van der Waals surface area contributed by atoms with Crippen molar-refractivity contribution in [1.29, 1.82) is 0 Å². The SMILES string of the molecule is O=C(Nc1ccc(OC(F)F)c(Cl)c1)c1cc(-c2ccc(Cl)cc2Cl)n[nH]1. The Hall–Kier alpha value is -2.35. The van der Waals surface area contributed by atoms with E-state index in [-0.39, 0.29) is 16.5 Å². The number of carbonyl (C=O) groups is 1. The maximum atomic E-state index is 12.3. The summed E-state index contributed by atoms with van der Waals surface area (Å²) >= 11 is 17.9. The molecular weight excluding hydrogens is 423 g/mol. The molecule has 2 aromatic carbocycles. The van der Waals surface area contributed by atoms with E-state index in [0.29, 0.717) is 27.0 Å². The highest BCUT2D eigenvalue weighted by Gasteiger charge is 2.15. The Labute approximate surface area is 167 Å². The molecule has 0 bridgehead atoms. The van der Waals surface area contributed by atoms with Gasteiger partial charge in [0.1, 0.15) is 11.4 Å². The number of aromatic amines is 1. The molecule has 140 valence electrons. The summed E-state index contributed by atoms with van der Waals surface area (Å²) < 4.78 is 28.7. The Kier molecular flexibility index (Phi) is 5.84. The smallest absolute Gasteiger partial charge is 0.387 e. The number of rotatable bonds is 5. The number of anilines is 1. The number of amides is 1. The molecule has 27 heavy (non-hydrogen) atoms. The fourth-order valence-corrected chi connectivity index (χ4v) is 2.97. The second-order valence-corrected chi connectivity index (χ2v) is 6.52. The second kappa shape index (κ2) is 8.12. The molecule has 0 saturated heterocycles. The predicted octanol–water partition coefficient (Wildman–Crippen LogP) is 5.89. The van der Waals surface area contributed by atoms with Crippen LogP contribution in [0, 0.1) is 0 Å². The van der Waals surface area contributed by atoms with Gasteiger partial charge in [-0.15, -0.1) is 0 Å². The first kappa shape index (κ1) is 19.4. The van der Waals surface area contributed by atoms with Crippen LogP contribution in [0.25, 0.3) is 11.3 Å². The van der Waals surface area contributed by atoms with Crippen LogP contribution in [0.5, 0.6) is 5.75 Å². The summed E-state index contributed by atoms with van der Waals surface area (Å²) in [4.78, 5) is 12.3. The molecule has 0 fully saturated rings. The number of ether oxygens (including phenoxy) is 1. The molecule has 0 unspecified atom stereocenters. The van der Waals surface area contributed by atoms with E-state index < -0.39 is 12.5 Å². The number of hydrogen-bond donors (Lipinski definition) is 2. The monoisotopic (exact) mass is 431 g/mol. The van der Waals surface area contributed by atoms with Gasteiger partial charge >= 0.3 is 6.61 Å². The predicted molar refractivity (Wildman–Crippen MR) is 100 cm³/mol. The van der Waals surface area contributed by atoms with Crippen LogP contribution in [0.3, 0.4) is 0 Å². The van der Waals surface area contributed by atoms with Gasteiger partial charge in [0.15, 0.2) is 0 Å². The number of carbonyl (C=O) groups excluding carboxylic acids is 1. The summed E-state index contributed by atoms with van der Waals surface area (Å²) in [6.07, 6.45) is 0. The standard InChI is InChI=1S/C17H10Cl3F2N3O2/c18-8-1-3-10(11(19)5-8)13-7-14(25-24-13)16(26)23-9-2-4-15(12(20)6-9)27-17(21)22/h1-7,17H,(H,23,26)(H,24,25). The van der Waals surface area contributed by atoms with Crippen molar-refractivity contribution < 1.29 is 18.3 Å². The maximum Gasteiger partial charge on any atom is 0.387 e. The van der Waals surface area contributed by atoms with Gasteiger partial charge in [-0.05, 0) is 42.5 Å². The molecule has 0 aliphatic rings. The van der Waals surface area contributed by atoms with E-state index in [2.05, 4.69) is 20.3 Å². The Morgan fingerprint density at radius 1 is 1.07 bits per heavy atom. The number of nitrogens with one attached hydrogen (secondary N) is 2. The summed E-state index contributed by atoms with van der Waals surface area (Å²) in [6, 6.07) is 10.3. The number of halogens is 5. The van der Waals surface area contributed by atoms with Gasteiger partial charge in [-0.2, -0.15) is 13.9 Å². The molecule has 1 heterocycles. The van der Waals surface area contributed by atoms with Gasteiger partial charge in [0.2, 0.25) is 0 Å². The first-order valence-corrected chi connectivity index (χ1v) is 8.53. The molecule has 3 aromatic rings. The van der Waals surface area contributed by atoms with Crippen molar-refractivity contribution in [2.75, 3.05) is 5.32 Å². The molecule has 1 aromatic heterocycles. The molecule has 5 nitrogen and oxygen atoms in total. The fourth-order valence-electron chi connectivity index (χ4n) is 2.24. The van der Waals surface area contributed by atoms with E-state index >= 15 is 0 Å². The van der Waals surface area contributed by atoms with Crippen LogP contribution in [0.15, 0.2) is 42.5 Å². The summed E-state index contributed by atoms with van der Waals surface area (Å²) in [7, 11) is 0. The summed E-state index contributed by atoms with van der Waals surface area (Å²) in [6.45, 7) is -2.99. The van der Waals surface area contributed by atoms with Crippen molar-refractivity contribution in [3.63, 3.8) is 0 Å². The second-order valence-electron chi connectivity index (χ2n) is 5.27. The Bertz CT molecular complexity index is 995. The molecule has 10 heteroatoms. The van der Waals surface area contributed by atoms with E-state index in [1.807, 2.05) is 0 Å². The first-order valence-electron chi connectivity index (χ1n) is 7.40. The molecule has 3 rings (SSSR count). The third kappa shape index (κ3) is 4.68. The number of aromatic nitrogens is 2. The number of alkyl halides is 2. The highest BCUT2D eigenvalue weighted by Crippen LogP contribution is 2.31. The van der Waals surface area contributed by atoms with Crippen molar-refractivity contribution in [3.05, 3.63) is 63.2 Å². The van der Waals surface area contributed by atoms with Gasteiger partial charge in [0.25, 0.3) is 5.91 Å². The highest BCUT2D eigenvalue weighted by atomic mass is 35.5. The summed E-state index contributed by atoms with van der Waals surface area (Å²) in [5.74, 6) is -0.691. The largest absolute Gasteiger partial charge is 0.433 e. The molecule has 0 aliphatic heterocycles. The zero-order valence-corrected chi connectivity index (χ0v) is 15.5. The van der Waals surface area contributed by atoms with Crippen LogP contribution in [0.1, 0.15) is 10.5 Å². The van der Waals surface area contributed by atoms with Crippen LogP contribution in [0.4, 0.5) is 14.5 Å². The lowest BCUT2D eigenvalue weighted by Crippen LogP contribution is -2.12. The number of nitrogens with zero attached hydrogens (tertiary/aromatic N) is 1. The normalized spacial score (nSPS) is 10.9. The minimum atomic E-state index is -2.99. The van der Waals surface area contributed by atoms with Crippen molar-refractivity contribution in [2.24, 2.45) is 0 Å². The quantitative estimate of drug-likeness (QED) is 0.528. The van der Waals surface area contributed by atoms with Gasteiger partial charge in [0, 0.05) is 16.3 Å². The van der Waals surface area contributed by atoms with Gasteiger partial charge in [-0.3, -0.25) is 9.89 Å². The lowest BCUT2D eigenvalue weighted by Gasteiger charge is -2.09. The van der Waals surface area contributed by atoms with E-state index in [9.17, 15) is 13.6 Å². The maximum absolute atomic E-state index is 12.3. The van der Waals surface area contributed by atoms with E-state index in [0.717, 1.165) is 0 Å². The zero-order chi connectivity index (χ0) is 19.6. The molecule has 2 N–H and O–H groups in total. The van der Waals surface area contributed by atoms with Crippen molar-refractivity contribution in [2.45, 2.75) is 6.61 Å². The van der Waals surface area contributed by atoms with Gasteiger partial charge < -0.3 is 10.1 Å². The molecule has 0 atom stereocenters. The molecule has 0 aliphatic carbocycles. The highest BCUT2D eigenvalue weighted by molar-refractivity contribution is 6.36. The van der Waals surface area contributed by atoms with Crippen molar-refractivity contribution in [3.8, 4) is 17.0 Å². The van der Waals surface area contributed by atoms with Gasteiger partial charge in [0.05, 0.1) is 15.7 Å². The summed E-state index contributed by atoms with van der Waals surface area (Å²) in [5, 5.41) is 10.1. The third-order valence-electron chi connectivity index (χ3n) is 3.44. The van der Waals surface area contributed by atoms with Crippen LogP contribution >= 0.6 is 34.8 Å². The minimum absolute atomic E-state index is 0.0636. The zero-order valence-electron chi connectivity index (χ0n) is 13.3. The topological polar surface area (TPSA) is 67.0 Å². The van der Waals surface area contributed by atoms with Crippen LogP contribution in [-0.2, 0) is 0 Å². The molecule has 0 spiro atoms. The minimum Gasteiger partial charge on any atom is -0.433 e. The molecule has 1 amide bonds. The lowest BCUT2D eigenvalue weighted by atomic mass is 10.1. The fraction of sp³-hybridized carbons (Fsp3) is 0.0588. The average Bonchev–Trinajstić information content (AvgIpc) is 3.07. The Balaban J connectivity index is 1.75. The first-order chi connectivity index (χ1) is 12.8. The average molecular weight is 433 g/mol. The molecule has 0 saturated carbocycles. The van der Waals surface area contributed by atoms with Crippen LogP contribution < -0.4 is 10.1 Å².